The first-order valence-electron chi connectivity index (χ1n) is 10.5. The summed E-state index contributed by atoms with van der Waals surface area (Å²) in [5, 5.41) is 20.4. The molecule has 2 N–H and O–H groups in total. The minimum absolute atomic E-state index is 0.119. The highest BCUT2D eigenvalue weighted by Gasteiger charge is 2.40. The molecule has 1 aromatic rings. The van der Waals surface area contributed by atoms with Gasteiger partial charge in [-0.05, 0) is 49.8 Å². The summed E-state index contributed by atoms with van der Waals surface area (Å²) in [5.41, 5.74) is 1.09. The maximum absolute atomic E-state index is 14.4. The summed E-state index contributed by atoms with van der Waals surface area (Å²) in [6.45, 7) is 4.28. The number of hydrogen-bond acceptors (Lipinski definition) is 3. The third-order valence-electron chi connectivity index (χ3n) is 5.39. The highest BCUT2D eigenvalue weighted by molar-refractivity contribution is 5.27. The molecule has 0 saturated heterocycles. The number of ether oxygens (including phenoxy) is 1. The summed E-state index contributed by atoms with van der Waals surface area (Å²) >= 11 is 0. The monoisotopic (exact) mass is 390 g/mol. The number of aliphatic hydroxyl groups excluding tert-OH is 2. The van der Waals surface area contributed by atoms with Crippen molar-refractivity contribution >= 4 is 0 Å². The molecule has 156 valence electrons. The molecule has 1 fully saturated rings. The van der Waals surface area contributed by atoms with Crippen LogP contribution in [0.3, 0.4) is 0 Å². The average Bonchev–Trinajstić information content (AvgIpc) is 2.94. The number of benzene rings is 1. The normalized spacial score (nSPS) is 26.3. The van der Waals surface area contributed by atoms with E-state index in [0.29, 0.717) is 12.2 Å². The maximum Gasteiger partial charge on any atom is 0.119 e. The molecule has 1 saturated carbocycles. The zero-order valence-corrected chi connectivity index (χ0v) is 17.1. The predicted molar refractivity (Wildman–Crippen MR) is 112 cm³/mol. The van der Waals surface area contributed by atoms with Crippen molar-refractivity contribution in [2.45, 2.75) is 70.8 Å². The molecular weight excluding hydrogens is 355 g/mol. The lowest BCUT2D eigenvalue weighted by Gasteiger charge is -2.19. The summed E-state index contributed by atoms with van der Waals surface area (Å²) in [4.78, 5) is 0. The second-order valence-electron chi connectivity index (χ2n) is 7.84. The Hall–Kier alpha value is -1.65. The number of allylic oxidation sites excluding steroid dienone is 3. The fraction of sp³-hybridized carbons (Fsp3) is 0.583. The summed E-state index contributed by atoms with van der Waals surface area (Å²) in [5.74, 6) is 0.195. The Balaban J connectivity index is 1.84. The Kier molecular flexibility index (Phi) is 9.72. The molecule has 5 unspecified atom stereocenters. The van der Waals surface area contributed by atoms with Gasteiger partial charge >= 0.3 is 0 Å². The molecule has 0 bridgehead atoms. The van der Waals surface area contributed by atoms with Crippen molar-refractivity contribution in [1.82, 2.24) is 0 Å². The fourth-order valence-corrected chi connectivity index (χ4v) is 3.75. The second kappa shape index (κ2) is 12.0. The number of rotatable bonds is 11. The fourth-order valence-electron chi connectivity index (χ4n) is 3.75. The molecule has 0 amide bonds. The first kappa shape index (κ1) is 22.6. The van der Waals surface area contributed by atoms with Crippen molar-refractivity contribution < 1.29 is 19.3 Å². The van der Waals surface area contributed by atoms with Crippen LogP contribution in [0.1, 0.15) is 51.0 Å². The van der Waals surface area contributed by atoms with Gasteiger partial charge in [0.1, 0.15) is 24.6 Å². The smallest absolute Gasteiger partial charge is 0.119 e. The molecule has 1 aliphatic carbocycles. The second-order valence-corrected chi connectivity index (χ2v) is 7.84. The van der Waals surface area contributed by atoms with Crippen LogP contribution in [0.4, 0.5) is 4.39 Å². The van der Waals surface area contributed by atoms with E-state index < -0.39 is 18.4 Å². The number of alkyl halides is 1. The number of aryl methyl sites for hydroxylation is 1. The van der Waals surface area contributed by atoms with Gasteiger partial charge in [-0.1, -0.05) is 56.2 Å². The number of halogens is 1. The van der Waals surface area contributed by atoms with Crippen molar-refractivity contribution in [3.8, 4) is 5.75 Å². The Morgan fingerprint density at radius 2 is 2.11 bits per heavy atom. The SMILES string of the molecule is CCCCC/C=C/CC1C(O)CC(F)C1/C=C/C(O)COc1cccc(C)c1. The van der Waals surface area contributed by atoms with Crippen molar-refractivity contribution in [2.24, 2.45) is 11.8 Å². The van der Waals surface area contributed by atoms with Crippen LogP contribution in [0.5, 0.6) is 5.75 Å². The molecule has 1 aliphatic rings. The molecule has 28 heavy (non-hydrogen) atoms. The van der Waals surface area contributed by atoms with Crippen LogP contribution in [-0.4, -0.2) is 35.2 Å². The van der Waals surface area contributed by atoms with Crippen LogP contribution >= 0.6 is 0 Å². The van der Waals surface area contributed by atoms with Gasteiger partial charge in [0.15, 0.2) is 0 Å². The third kappa shape index (κ3) is 7.40. The van der Waals surface area contributed by atoms with Crippen LogP contribution in [0.15, 0.2) is 48.6 Å². The molecule has 1 aromatic carbocycles. The van der Waals surface area contributed by atoms with Crippen molar-refractivity contribution in [1.29, 1.82) is 0 Å². The molecular formula is C24H35FO3. The molecule has 3 nitrogen and oxygen atoms in total. The predicted octanol–water partition coefficient (Wildman–Crippen LogP) is 5.15. The average molecular weight is 391 g/mol. The van der Waals surface area contributed by atoms with Gasteiger partial charge in [-0.25, -0.2) is 4.39 Å². The van der Waals surface area contributed by atoms with Gasteiger partial charge in [0.25, 0.3) is 0 Å². The summed E-state index contributed by atoms with van der Waals surface area (Å²) < 4.78 is 20.0. The first-order valence-corrected chi connectivity index (χ1v) is 10.5. The van der Waals surface area contributed by atoms with E-state index in [1.165, 1.54) is 19.3 Å². The van der Waals surface area contributed by atoms with Gasteiger partial charge < -0.3 is 14.9 Å². The van der Waals surface area contributed by atoms with E-state index in [1.54, 1.807) is 12.2 Å². The molecule has 4 heteroatoms. The lowest BCUT2D eigenvalue weighted by atomic mass is 9.90. The molecule has 0 aliphatic heterocycles. The Morgan fingerprint density at radius 1 is 1.29 bits per heavy atom. The van der Waals surface area contributed by atoms with Crippen LogP contribution in [0, 0.1) is 18.8 Å². The maximum atomic E-state index is 14.4. The van der Waals surface area contributed by atoms with Crippen molar-refractivity contribution in [3.63, 3.8) is 0 Å². The third-order valence-corrected chi connectivity index (χ3v) is 5.39. The first-order chi connectivity index (χ1) is 13.5. The minimum Gasteiger partial charge on any atom is -0.491 e. The van der Waals surface area contributed by atoms with E-state index >= 15 is 0 Å². The van der Waals surface area contributed by atoms with E-state index in [1.807, 2.05) is 31.2 Å². The van der Waals surface area contributed by atoms with E-state index in [-0.39, 0.29) is 24.9 Å². The molecule has 0 aromatic heterocycles. The highest BCUT2D eigenvalue weighted by atomic mass is 19.1. The standard InChI is InChI=1S/C24H35FO3/c1-3-4-5-6-7-8-12-22-21(23(25)16-24(22)27)14-13-19(26)17-28-20-11-9-10-18(2)15-20/h7-11,13-15,19,21-24,26-27H,3-6,12,16-17H2,1-2H3/b8-7+,14-13+. The summed E-state index contributed by atoms with van der Waals surface area (Å²) in [7, 11) is 0. The summed E-state index contributed by atoms with van der Waals surface area (Å²) in [6, 6.07) is 7.64. The number of unbranched alkanes of at least 4 members (excludes halogenated alkanes) is 3. The van der Waals surface area contributed by atoms with E-state index in [9.17, 15) is 14.6 Å². The van der Waals surface area contributed by atoms with Gasteiger partial charge in [-0.3, -0.25) is 0 Å². The Bertz CT molecular complexity index is 628. The Labute approximate surface area is 168 Å². The zero-order valence-electron chi connectivity index (χ0n) is 17.1. The van der Waals surface area contributed by atoms with Crippen LogP contribution in [0.25, 0.3) is 0 Å². The summed E-state index contributed by atoms with van der Waals surface area (Å²) in [6.07, 6.45) is 10.5. The molecule has 0 radical (unpaired) electrons. The quantitative estimate of drug-likeness (QED) is 0.406. The number of aliphatic hydroxyl groups is 2. The van der Waals surface area contributed by atoms with Gasteiger partial charge in [-0.15, -0.1) is 0 Å². The topological polar surface area (TPSA) is 49.7 Å². The lowest BCUT2D eigenvalue weighted by molar-refractivity contribution is 0.124. The van der Waals surface area contributed by atoms with E-state index in [2.05, 4.69) is 19.1 Å². The van der Waals surface area contributed by atoms with Gasteiger partial charge in [-0.2, -0.15) is 0 Å². The Morgan fingerprint density at radius 3 is 2.86 bits per heavy atom. The van der Waals surface area contributed by atoms with Crippen LogP contribution < -0.4 is 4.74 Å². The van der Waals surface area contributed by atoms with Gasteiger partial charge in [0.2, 0.25) is 0 Å². The molecule has 5 atom stereocenters. The van der Waals surface area contributed by atoms with Gasteiger partial charge in [0.05, 0.1) is 6.10 Å². The van der Waals surface area contributed by atoms with Crippen molar-refractivity contribution in [2.75, 3.05) is 6.61 Å². The zero-order chi connectivity index (χ0) is 20.4. The van der Waals surface area contributed by atoms with Crippen LogP contribution in [-0.2, 0) is 0 Å². The van der Waals surface area contributed by atoms with E-state index in [0.717, 1.165) is 12.0 Å². The van der Waals surface area contributed by atoms with Crippen LogP contribution in [0.2, 0.25) is 0 Å². The highest BCUT2D eigenvalue weighted by Crippen LogP contribution is 2.38. The molecule has 0 spiro atoms. The van der Waals surface area contributed by atoms with Crippen molar-refractivity contribution in [3.05, 3.63) is 54.1 Å². The minimum atomic E-state index is -1.07. The molecule has 2 rings (SSSR count). The van der Waals surface area contributed by atoms with E-state index in [4.69, 9.17) is 4.74 Å². The largest absolute Gasteiger partial charge is 0.491 e. The lowest BCUT2D eigenvalue weighted by Crippen LogP contribution is -2.20. The van der Waals surface area contributed by atoms with Gasteiger partial charge in [0, 0.05) is 12.3 Å². The molecule has 0 heterocycles. The number of hydrogen-bond donors (Lipinski definition) is 2.